The molecule has 21 heavy (non-hydrogen) atoms. The van der Waals surface area contributed by atoms with Gasteiger partial charge in [-0.2, -0.15) is 4.98 Å². The zero-order chi connectivity index (χ0) is 15.5. The van der Waals surface area contributed by atoms with E-state index in [-0.39, 0.29) is 22.5 Å². The summed E-state index contributed by atoms with van der Waals surface area (Å²) in [5.41, 5.74) is 0.636. The Hall–Kier alpha value is -1.93. The lowest BCUT2D eigenvalue weighted by Gasteiger charge is -2.13. The predicted octanol–water partition coefficient (Wildman–Crippen LogP) is 2.77. The molecule has 0 spiro atoms. The van der Waals surface area contributed by atoms with E-state index in [9.17, 15) is 12.8 Å². The van der Waals surface area contributed by atoms with Gasteiger partial charge in [0, 0.05) is 0 Å². The maximum absolute atomic E-state index is 13.6. The van der Waals surface area contributed by atoms with Crippen molar-refractivity contribution in [2.45, 2.75) is 6.92 Å². The van der Waals surface area contributed by atoms with Crippen LogP contribution >= 0.6 is 11.6 Å². The van der Waals surface area contributed by atoms with Gasteiger partial charge in [-0.05, 0) is 30.7 Å². The van der Waals surface area contributed by atoms with Crippen molar-refractivity contribution in [3.8, 4) is 0 Å². The Morgan fingerprint density at radius 1 is 1.29 bits per heavy atom. The topological polar surface area (TPSA) is 84.0 Å². The van der Waals surface area contributed by atoms with Gasteiger partial charge in [0.15, 0.2) is 11.6 Å². The van der Waals surface area contributed by atoms with Crippen LogP contribution in [0.1, 0.15) is 6.92 Å². The van der Waals surface area contributed by atoms with Gasteiger partial charge in [-0.25, -0.2) is 17.8 Å². The van der Waals surface area contributed by atoms with Gasteiger partial charge in [0.1, 0.15) is 0 Å². The summed E-state index contributed by atoms with van der Waals surface area (Å²) in [4.78, 5) is 7.22. The molecule has 0 radical (unpaired) electrons. The largest absolute Gasteiger partial charge is 0.336 e. The summed E-state index contributed by atoms with van der Waals surface area (Å²) in [6.45, 7) is 1.52. The fourth-order valence-corrected chi connectivity index (χ4v) is 2.27. The van der Waals surface area contributed by atoms with E-state index in [1.165, 1.54) is 6.92 Å². The quantitative estimate of drug-likeness (QED) is 0.823. The third-order valence-electron chi connectivity index (χ3n) is 2.54. The van der Waals surface area contributed by atoms with Crippen molar-refractivity contribution < 1.29 is 12.8 Å². The van der Waals surface area contributed by atoms with Crippen molar-refractivity contribution in [3.63, 3.8) is 0 Å². The van der Waals surface area contributed by atoms with Crippen molar-refractivity contribution in [3.05, 3.63) is 41.6 Å². The fraction of sp³-hybridized carbons (Fsp3) is 0.167. The van der Waals surface area contributed by atoms with Gasteiger partial charge in [-0.3, -0.25) is 4.72 Å². The molecule has 0 saturated heterocycles. The number of hydrogen-bond acceptors (Lipinski definition) is 5. The lowest BCUT2D eigenvalue weighted by atomic mass is 10.2. The number of anilines is 3. The number of nitrogens with one attached hydrogen (secondary N) is 2. The molecule has 1 aromatic heterocycles. The zero-order valence-corrected chi connectivity index (χ0v) is 12.5. The predicted molar refractivity (Wildman–Crippen MR) is 79.8 cm³/mol. The third kappa shape index (κ3) is 4.02. The van der Waals surface area contributed by atoms with Gasteiger partial charge in [0.2, 0.25) is 15.3 Å². The molecule has 0 amide bonds. The monoisotopic (exact) mass is 330 g/mol. The minimum absolute atomic E-state index is 0.0744. The van der Waals surface area contributed by atoms with Gasteiger partial charge in [-0.15, -0.1) is 0 Å². The van der Waals surface area contributed by atoms with Crippen LogP contribution in [0, 0.1) is 5.82 Å². The number of sulfonamides is 1. The van der Waals surface area contributed by atoms with Crippen LogP contribution < -0.4 is 10.0 Å². The number of rotatable bonds is 5. The maximum Gasteiger partial charge on any atom is 0.232 e. The molecule has 0 aliphatic carbocycles. The Balaban J connectivity index is 2.35. The van der Waals surface area contributed by atoms with Gasteiger partial charge in [-0.1, -0.05) is 12.1 Å². The summed E-state index contributed by atoms with van der Waals surface area (Å²) in [5.74, 6) is -0.916. The first-order valence-corrected chi connectivity index (χ1v) is 7.99. The lowest BCUT2D eigenvalue weighted by molar-refractivity contribution is 0.602. The molecule has 2 N–H and O–H groups in total. The number of para-hydroxylation sites is 2. The molecular formula is C12H12ClFN4O2S. The van der Waals surface area contributed by atoms with E-state index in [0.717, 1.165) is 6.20 Å². The molecule has 2 rings (SSSR count). The molecule has 0 fully saturated rings. The van der Waals surface area contributed by atoms with Gasteiger partial charge in [0.25, 0.3) is 0 Å². The number of halogens is 2. The molecule has 9 heteroatoms. The molecule has 1 heterocycles. The SMILES string of the molecule is CCS(=O)(=O)Nc1ccccc1Nc1nc(Cl)ncc1F. The minimum atomic E-state index is -3.45. The maximum atomic E-state index is 13.6. The van der Waals surface area contributed by atoms with E-state index < -0.39 is 15.8 Å². The molecule has 6 nitrogen and oxygen atoms in total. The first-order chi connectivity index (χ1) is 9.91. The Bertz CT molecular complexity index is 755. The van der Waals surface area contributed by atoms with Crippen molar-refractivity contribution in [2.75, 3.05) is 15.8 Å². The Morgan fingerprint density at radius 2 is 1.95 bits per heavy atom. The van der Waals surface area contributed by atoms with E-state index >= 15 is 0 Å². The van der Waals surface area contributed by atoms with Gasteiger partial charge < -0.3 is 5.32 Å². The van der Waals surface area contributed by atoms with Gasteiger partial charge >= 0.3 is 0 Å². The lowest BCUT2D eigenvalue weighted by Crippen LogP contribution is -2.15. The number of aromatic nitrogens is 2. The Kier molecular flexibility index (Phi) is 4.59. The normalized spacial score (nSPS) is 11.2. The highest BCUT2D eigenvalue weighted by Gasteiger charge is 2.12. The Labute approximate surface area is 126 Å². The highest BCUT2D eigenvalue weighted by Crippen LogP contribution is 2.26. The second-order valence-electron chi connectivity index (χ2n) is 4.01. The smallest absolute Gasteiger partial charge is 0.232 e. The van der Waals surface area contributed by atoms with Crippen LogP contribution in [-0.4, -0.2) is 24.1 Å². The van der Waals surface area contributed by atoms with Crippen LogP contribution in [0.15, 0.2) is 30.5 Å². The van der Waals surface area contributed by atoms with E-state index in [2.05, 4.69) is 20.0 Å². The molecule has 1 aromatic carbocycles. The summed E-state index contributed by atoms with van der Waals surface area (Å²) in [6, 6.07) is 6.47. The first-order valence-electron chi connectivity index (χ1n) is 5.96. The average molecular weight is 331 g/mol. The van der Waals surface area contributed by atoms with E-state index in [0.29, 0.717) is 5.69 Å². The molecule has 0 bridgehead atoms. The zero-order valence-electron chi connectivity index (χ0n) is 11.0. The number of benzene rings is 1. The average Bonchev–Trinajstić information content (AvgIpc) is 2.45. The molecule has 0 unspecified atom stereocenters. The van der Waals surface area contributed by atoms with Crippen LogP contribution in [0.4, 0.5) is 21.6 Å². The summed E-state index contributed by atoms with van der Waals surface area (Å²) in [7, 11) is -3.45. The Morgan fingerprint density at radius 3 is 2.62 bits per heavy atom. The summed E-state index contributed by atoms with van der Waals surface area (Å²) >= 11 is 5.61. The van der Waals surface area contributed by atoms with E-state index in [1.54, 1.807) is 24.3 Å². The van der Waals surface area contributed by atoms with Crippen LogP contribution in [0.3, 0.4) is 0 Å². The fourth-order valence-electron chi connectivity index (χ4n) is 1.48. The summed E-state index contributed by atoms with van der Waals surface area (Å²) in [5, 5.41) is 2.57. The summed E-state index contributed by atoms with van der Waals surface area (Å²) in [6.07, 6.45) is 0.927. The molecule has 0 aliphatic rings. The second-order valence-corrected chi connectivity index (χ2v) is 6.36. The molecule has 2 aromatic rings. The minimum Gasteiger partial charge on any atom is -0.336 e. The highest BCUT2D eigenvalue weighted by molar-refractivity contribution is 7.92. The summed E-state index contributed by atoms with van der Waals surface area (Å²) < 4.78 is 39.3. The molecule has 0 saturated carbocycles. The van der Waals surface area contributed by atoms with Crippen molar-refractivity contribution in [2.24, 2.45) is 0 Å². The second kappa shape index (κ2) is 6.23. The van der Waals surface area contributed by atoms with Crippen LogP contribution in [0.2, 0.25) is 5.28 Å². The van der Waals surface area contributed by atoms with Crippen LogP contribution in [0.25, 0.3) is 0 Å². The number of hydrogen-bond donors (Lipinski definition) is 2. The van der Waals surface area contributed by atoms with Crippen molar-refractivity contribution in [1.82, 2.24) is 9.97 Å². The van der Waals surface area contributed by atoms with Crippen LogP contribution in [0.5, 0.6) is 0 Å². The standard InChI is InChI=1S/C12H12ClFN4O2S/c1-2-21(19,20)18-10-6-4-3-5-9(10)16-11-8(14)7-15-12(13)17-11/h3-7,18H,2H2,1H3,(H,15,16,17). The van der Waals surface area contributed by atoms with Crippen LogP contribution in [-0.2, 0) is 10.0 Å². The van der Waals surface area contributed by atoms with E-state index in [1.807, 2.05) is 0 Å². The third-order valence-corrected chi connectivity index (χ3v) is 4.01. The number of nitrogens with zero attached hydrogens (tertiary/aromatic N) is 2. The van der Waals surface area contributed by atoms with Crippen molar-refractivity contribution >= 4 is 38.8 Å². The molecule has 0 atom stereocenters. The van der Waals surface area contributed by atoms with E-state index in [4.69, 9.17) is 11.6 Å². The van der Waals surface area contributed by atoms with Gasteiger partial charge in [0.05, 0.1) is 23.3 Å². The molecule has 112 valence electrons. The van der Waals surface area contributed by atoms with Crippen molar-refractivity contribution in [1.29, 1.82) is 0 Å². The molecular weight excluding hydrogens is 319 g/mol. The molecule has 0 aliphatic heterocycles. The first kappa shape index (κ1) is 15.5. The highest BCUT2D eigenvalue weighted by atomic mass is 35.5.